The Balaban J connectivity index is 1.76. The fourth-order valence-electron chi connectivity index (χ4n) is 3.29. The van der Waals surface area contributed by atoms with E-state index in [2.05, 4.69) is 16.2 Å². The van der Waals surface area contributed by atoms with Crippen molar-refractivity contribution in [3.63, 3.8) is 0 Å². The van der Waals surface area contributed by atoms with Crippen molar-refractivity contribution in [2.45, 2.75) is 12.8 Å². The predicted octanol–water partition coefficient (Wildman–Crippen LogP) is 5.62. The summed E-state index contributed by atoms with van der Waals surface area (Å²) < 4.78 is 5.50. The molecule has 1 aromatic heterocycles. The van der Waals surface area contributed by atoms with Crippen molar-refractivity contribution in [2.24, 2.45) is 0 Å². The number of aryl methyl sites for hydroxylation is 1. The number of benzene rings is 3. The minimum Gasteiger partial charge on any atom is -0.333 e. The Bertz CT molecular complexity index is 1130. The lowest BCUT2D eigenvalue weighted by atomic mass is 9.91. The molecule has 0 saturated carbocycles. The van der Waals surface area contributed by atoms with Crippen molar-refractivity contribution in [3.05, 3.63) is 119 Å². The first-order chi connectivity index (χ1) is 14.3. The lowest BCUT2D eigenvalue weighted by Gasteiger charge is -2.14. The fourth-order valence-corrected chi connectivity index (χ4v) is 3.29. The van der Waals surface area contributed by atoms with Crippen molar-refractivity contribution >= 4 is 11.6 Å². The molecule has 0 amide bonds. The second kappa shape index (κ2) is 8.37. The van der Waals surface area contributed by atoms with Gasteiger partial charge in [0.2, 0.25) is 0 Å². The zero-order valence-electron chi connectivity index (χ0n) is 16.0. The van der Waals surface area contributed by atoms with Crippen molar-refractivity contribution in [1.29, 1.82) is 5.26 Å². The minimum atomic E-state index is -0.173. The maximum absolute atomic E-state index is 9.67. The third-order valence-corrected chi connectivity index (χ3v) is 4.80. The predicted molar refractivity (Wildman–Crippen MR) is 113 cm³/mol. The van der Waals surface area contributed by atoms with Gasteiger partial charge in [-0.15, -0.1) is 0 Å². The van der Waals surface area contributed by atoms with Gasteiger partial charge >= 0.3 is 0 Å². The van der Waals surface area contributed by atoms with Gasteiger partial charge in [-0.25, -0.2) is 0 Å². The highest BCUT2D eigenvalue weighted by Gasteiger charge is 2.23. The van der Waals surface area contributed by atoms with Crippen LogP contribution in [0.15, 0.2) is 89.5 Å². The molecular formula is C25H19N3O. The number of nitrogens with zero attached hydrogens (tertiary/aromatic N) is 3. The van der Waals surface area contributed by atoms with Crippen LogP contribution in [0.5, 0.6) is 0 Å². The molecule has 1 heterocycles. The summed E-state index contributed by atoms with van der Waals surface area (Å²) in [6, 6.07) is 30.2. The van der Waals surface area contributed by atoms with Gasteiger partial charge in [0.25, 0.3) is 5.89 Å². The Morgan fingerprint density at radius 1 is 0.897 bits per heavy atom. The molecule has 140 valence electrons. The van der Waals surface area contributed by atoms with E-state index in [1.165, 1.54) is 0 Å². The largest absolute Gasteiger partial charge is 0.333 e. The van der Waals surface area contributed by atoms with Gasteiger partial charge < -0.3 is 4.52 Å². The van der Waals surface area contributed by atoms with E-state index in [9.17, 15) is 5.26 Å². The Hall–Kier alpha value is -3.97. The van der Waals surface area contributed by atoms with Crippen LogP contribution in [-0.2, 0) is 0 Å². The van der Waals surface area contributed by atoms with Crippen LogP contribution < -0.4 is 0 Å². The average Bonchev–Trinajstić information content (AvgIpc) is 3.24. The summed E-state index contributed by atoms with van der Waals surface area (Å²) in [5.41, 5.74) is 4.50. The highest BCUT2D eigenvalue weighted by Crippen LogP contribution is 2.31. The standard InChI is InChI=1S/C25H19N3O/c1-18-10-8-9-15-21(18)16-22(17-26)25-27-24(28-29-25)23(19-11-4-2-5-12-19)20-13-6-3-7-14-20/h2-16,23H,1H3/b22-16+. The lowest BCUT2D eigenvalue weighted by Crippen LogP contribution is -2.05. The molecule has 4 rings (SSSR count). The molecule has 4 nitrogen and oxygen atoms in total. The second-order valence-corrected chi connectivity index (χ2v) is 6.74. The van der Waals surface area contributed by atoms with Gasteiger partial charge in [0.05, 0.1) is 5.92 Å². The lowest BCUT2D eigenvalue weighted by molar-refractivity contribution is 0.401. The molecular weight excluding hydrogens is 358 g/mol. The smallest absolute Gasteiger partial charge is 0.268 e. The summed E-state index contributed by atoms with van der Waals surface area (Å²) in [5, 5.41) is 13.9. The van der Waals surface area contributed by atoms with E-state index in [0.29, 0.717) is 11.4 Å². The summed E-state index contributed by atoms with van der Waals surface area (Å²) in [6.07, 6.45) is 1.78. The van der Waals surface area contributed by atoms with E-state index in [0.717, 1.165) is 22.3 Å². The topological polar surface area (TPSA) is 62.7 Å². The first-order valence-corrected chi connectivity index (χ1v) is 9.37. The fraction of sp³-hybridized carbons (Fsp3) is 0.0800. The van der Waals surface area contributed by atoms with Crippen molar-refractivity contribution in [2.75, 3.05) is 0 Å². The molecule has 0 atom stereocenters. The minimum absolute atomic E-state index is 0.173. The van der Waals surface area contributed by atoms with E-state index in [1.54, 1.807) is 6.08 Å². The van der Waals surface area contributed by atoms with E-state index in [-0.39, 0.29) is 11.8 Å². The van der Waals surface area contributed by atoms with E-state index in [4.69, 9.17) is 4.52 Å². The zero-order chi connectivity index (χ0) is 20.1. The van der Waals surface area contributed by atoms with Crippen LogP contribution in [-0.4, -0.2) is 10.1 Å². The van der Waals surface area contributed by atoms with Crippen LogP contribution in [0.4, 0.5) is 0 Å². The van der Waals surface area contributed by atoms with Gasteiger partial charge in [-0.1, -0.05) is 90.1 Å². The summed E-state index contributed by atoms with van der Waals surface area (Å²) in [4.78, 5) is 4.59. The quantitative estimate of drug-likeness (QED) is 0.423. The summed E-state index contributed by atoms with van der Waals surface area (Å²) >= 11 is 0. The molecule has 0 aliphatic rings. The van der Waals surface area contributed by atoms with E-state index >= 15 is 0 Å². The molecule has 0 radical (unpaired) electrons. The van der Waals surface area contributed by atoms with Crippen LogP contribution in [0, 0.1) is 18.3 Å². The van der Waals surface area contributed by atoms with Crippen LogP contribution in [0.3, 0.4) is 0 Å². The van der Waals surface area contributed by atoms with E-state index < -0.39 is 0 Å². The number of nitriles is 1. The van der Waals surface area contributed by atoms with Crippen molar-refractivity contribution in [3.8, 4) is 6.07 Å². The molecule has 4 heteroatoms. The van der Waals surface area contributed by atoms with Crippen molar-refractivity contribution in [1.82, 2.24) is 10.1 Å². The molecule has 0 aliphatic heterocycles. The summed E-state index contributed by atoms with van der Waals surface area (Å²) in [5.74, 6) is 0.583. The highest BCUT2D eigenvalue weighted by molar-refractivity contribution is 5.87. The van der Waals surface area contributed by atoms with Crippen LogP contribution in [0.25, 0.3) is 11.6 Å². The van der Waals surface area contributed by atoms with Crippen LogP contribution >= 0.6 is 0 Å². The van der Waals surface area contributed by atoms with Gasteiger partial charge in [0.1, 0.15) is 11.6 Å². The average molecular weight is 377 g/mol. The van der Waals surface area contributed by atoms with Gasteiger partial charge in [0.15, 0.2) is 5.82 Å². The SMILES string of the molecule is Cc1ccccc1/C=C(\C#N)c1nc(C(c2ccccc2)c2ccccc2)no1. The Labute approximate surface area is 169 Å². The van der Waals surface area contributed by atoms with Crippen molar-refractivity contribution < 1.29 is 4.52 Å². The third kappa shape index (κ3) is 3.99. The van der Waals surface area contributed by atoms with Gasteiger partial charge in [-0.3, -0.25) is 0 Å². The molecule has 0 bridgehead atoms. The Morgan fingerprint density at radius 3 is 2.07 bits per heavy atom. The van der Waals surface area contributed by atoms with Gasteiger partial charge in [-0.2, -0.15) is 10.2 Å². The number of hydrogen-bond acceptors (Lipinski definition) is 4. The number of hydrogen-bond donors (Lipinski definition) is 0. The van der Waals surface area contributed by atoms with Crippen LogP contribution in [0.1, 0.15) is 39.9 Å². The normalized spacial score (nSPS) is 11.4. The molecule has 0 fully saturated rings. The molecule has 0 aliphatic carbocycles. The number of aromatic nitrogens is 2. The molecule has 0 unspecified atom stereocenters. The highest BCUT2D eigenvalue weighted by atomic mass is 16.5. The molecule has 3 aromatic carbocycles. The molecule has 0 N–H and O–H groups in total. The summed E-state index contributed by atoms with van der Waals surface area (Å²) in [7, 11) is 0. The maximum Gasteiger partial charge on any atom is 0.268 e. The van der Waals surface area contributed by atoms with Gasteiger partial charge in [0, 0.05) is 0 Å². The first-order valence-electron chi connectivity index (χ1n) is 9.37. The Kier molecular flexibility index (Phi) is 5.31. The van der Waals surface area contributed by atoms with Crippen LogP contribution in [0.2, 0.25) is 0 Å². The number of rotatable bonds is 5. The zero-order valence-corrected chi connectivity index (χ0v) is 16.0. The monoisotopic (exact) mass is 377 g/mol. The third-order valence-electron chi connectivity index (χ3n) is 4.80. The van der Waals surface area contributed by atoms with E-state index in [1.807, 2.05) is 91.9 Å². The van der Waals surface area contributed by atoms with Gasteiger partial charge in [-0.05, 0) is 35.3 Å². The molecule has 0 spiro atoms. The molecule has 0 saturated heterocycles. The number of allylic oxidation sites excluding steroid dienone is 1. The molecule has 29 heavy (non-hydrogen) atoms. The second-order valence-electron chi connectivity index (χ2n) is 6.74. The molecule has 4 aromatic rings. The maximum atomic E-state index is 9.67. The first kappa shape index (κ1) is 18.4. The Morgan fingerprint density at radius 2 is 1.48 bits per heavy atom. The summed E-state index contributed by atoms with van der Waals surface area (Å²) in [6.45, 7) is 2.00.